The Morgan fingerprint density at radius 3 is 2.41 bits per heavy atom. The lowest BCUT2D eigenvalue weighted by molar-refractivity contribution is -0.135. The molecule has 2 N–H and O–H groups in total. The molecule has 4 amide bonds. The van der Waals surface area contributed by atoms with E-state index in [9.17, 15) is 14.4 Å². The first-order chi connectivity index (χ1) is 14.1. The number of amides is 4. The van der Waals surface area contributed by atoms with Crippen molar-refractivity contribution in [2.24, 2.45) is 0 Å². The lowest BCUT2D eigenvalue weighted by Crippen LogP contribution is -2.49. The van der Waals surface area contributed by atoms with Crippen LogP contribution in [0.2, 0.25) is 0 Å². The molecule has 4 rings (SSSR count). The first kappa shape index (κ1) is 19.9. The monoisotopic (exact) mass is 398 g/mol. The van der Waals surface area contributed by atoms with Gasteiger partial charge in [0.05, 0.1) is 0 Å². The predicted molar refractivity (Wildman–Crippen MR) is 109 cm³/mol. The number of likely N-dealkylation sites (tertiary alicyclic amines) is 1. The Labute approximate surface area is 171 Å². The molecule has 7 nitrogen and oxygen atoms in total. The average Bonchev–Trinajstić information content (AvgIpc) is 3.31. The lowest BCUT2D eigenvalue weighted by atomic mass is 9.82. The maximum Gasteiger partial charge on any atom is 0.325 e. The zero-order chi connectivity index (χ0) is 20.3. The highest BCUT2D eigenvalue weighted by atomic mass is 16.2. The molecule has 2 aliphatic heterocycles. The summed E-state index contributed by atoms with van der Waals surface area (Å²) >= 11 is 0. The number of urea groups is 1. The van der Waals surface area contributed by atoms with Crippen LogP contribution in [-0.4, -0.2) is 52.8 Å². The number of hydrogen-bond donors (Lipinski definition) is 2. The Morgan fingerprint density at radius 2 is 1.69 bits per heavy atom. The summed E-state index contributed by atoms with van der Waals surface area (Å²) in [5.41, 5.74) is 1.51. The van der Waals surface area contributed by atoms with Crippen molar-refractivity contribution < 1.29 is 14.4 Å². The Bertz CT molecular complexity index is 782. The molecule has 7 heteroatoms. The topological polar surface area (TPSA) is 81.8 Å². The summed E-state index contributed by atoms with van der Waals surface area (Å²) < 4.78 is 0. The van der Waals surface area contributed by atoms with E-state index < -0.39 is 11.6 Å². The highest BCUT2D eigenvalue weighted by Gasteiger charge is 2.51. The van der Waals surface area contributed by atoms with Crippen LogP contribution in [0.5, 0.6) is 0 Å². The van der Waals surface area contributed by atoms with Gasteiger partial charge in [-0.15, -0.1) is 0 Å². The van der Waals surface area contributed by atoms with Crippen LogP contribution in [0.4, 0.5) is 4.79 Å². The minimum atomic E-state index is -0.780. The number of imide groups is 1. The summed E-state index contributed by atoms with van der Waals surface area (Å²) in [5, 5.41) is 5.74. The minimum absolute atomic E-state index is 0.222. The second kappa shape index (κ2) is 8.53. The molecule has 0 unspecified atom stereocenters. The molecule has 0 bridgehead atoms. The molecule has 2 saturated heterocycles. The molecule has 1 aliphatic carbocycles. The lowest BCUT2D eigenvalue weighted by Gasteiger charge is -2.30. The van der Waals surface area contributed by atoms with Crippen LogP contribution in [0, 0.1) is 0 Å². The van der Waals surface area contributed by atoms with Crippen molar-refractivity contribution in [1.29, 1.82) is 0 Å². The summed E-state index contributed by atoms with van der Waals surface area (Å²) in [4.78, 5) is 41.1. The average molecular weight is 399 g/mol. The molecule has 3 aliphatic rings. The zero-order valence-corrected chi connectivity index (χ0v) is 16.9. The number of rotatable bonds is 6. The van der Waals surface area contributed by atoms with Crippen LogP contribution < -0.4 is 10.6 Å². The van der Waals surface area contributed by atoms with Gasteiger partial charge in [0, 0.05) is 13.1 Å². The first-order valence-corrected chi connectivity index (χ1v) is 10.8. The van der Waals surface area contributed by atoms with E-state index in [0.717, 1.165) is 49.4 Å². The van der Waals surface area contributed by atoms with Crippen LogP contribution in [0.15, 0.2) is 24.3 Å². The van der Waals surface area contributed by atoms with E-state index in [-0.39, 0.29) is 18.4 Å². The van der Waals surface area contributed by atoms with E-state index in [4.69, 9.17) is 0 Å². The third kappa shape index (κ3) is 4.29. The van der Waals surface area contributed by atoms with E-state index in [1.165, 1.54) is 18.4 Å². The molecule has 2 heterocycles. The van der Waals surface area contributed by atoms with Crippen LogP contribution in [0.1, 0.15) is 56.1 Å². The molecule has 156 valence electrons. The van der Waals surface area contributed by atoms with E-state index in [0.29, 0.717) is 19.4 Å². The molecule has 29 heavy (non-hydrogen) atoms. The first-order valence-electron chi connectivity index (χ1n) is 10.8. The smallest absolute Gasteiger partial charge is 0.325 e. The zero-order valence-electron chi connectivity index (χ0n) is 16.9. The van der Waals surface area contributed by atoms with Gasteiger partial charge in [0.1, 0.15) is 12.1 Å². The van der Waals surface area contributed by atoms with Crippen molar-refractivity contribution in [1.82, 2.24) is 20.4 Å². The summed E-state index contributed by atoms with van der Waals surface area (Å²) in [6.07, 6.45) is 6.76. The Morgan fingerprint density at radius 1 is 1.00 bits per heavy atom. The third-order valence-corrected chi connectivity index (χ3v) is 6.44. The highest BCUT2D eigenvalue weighted by molar-refractivity contribution is 6.09. The fourth-order valence-corrected chi connectivity index (χ4v) is 4.77. The van der Waals surface area contributed by atoms with E-state index in [2.05, 4.69) is 21.6 Å². The predicted octanol–water partition coefficient (Wildman–Crippen LogP) is 2.15. The summed E-state index contributed by atoms with van der Waals surface area (Å²) in [5.74, 6) is -0.552. The molecular weight excluding hydrogens is 368 g/mol. The standard InChI is InChI=1S/C22H30N4O3/c27-19(16-26-20(28)22(24-21(26)29)10-4-1-5-11-22)23-14-17-8-2-3-9-18(17)15-25-12-6-7-13-25/h2-3,8-9H,1,4-7,10-16H2,(H,23,27)(H,24,29). The SMILES string of the molecule is O=C(CN1C(=O)NC2(CCCCC2)C1=O)NCc1ccccc1CN1CCCC1. The van der Waals surface area contributed by atoms with Gasteiger partial charge >= 0.3 is 6.03 Å². The Balaban J connectivity index is 1.33. The van der Waals surface area contributed by atoms with Crippen molar-refractivity contribution in [3.05, 3.63) is 35.4 Å². The van der Waals surface area contributed by atoms with Gasteiger partial charge in [-0.25, -0.2) is 4.79 Å². The number of nitrogens with zero attached hydrogens (tertiary/aromatic N) is 2. The van der Waals surface area contributed by atoms with E-state index in [1.807, 2.05) is 18.2 Å². The fraction of sp³-hybridized carbons (Fsp3) is 0.591. The van der Waals surface area contributed by atoms with Crippen molar-refractivity contribution in [2.45, 2.75) is 63.6 Å². The molecule has 1 aromatic rings. The molecule has 1 spiro atoms. The Kier molecular flexibility index (Phi) is 5.85. The number of carbonyl (C=O) groups is 3. The van der Waals surface area contributed by atoms with Crippen molar-refractivity contribution in [2.75, 3.05) is 19.6 Å². The van der Waals surface area contributed by atoms with Crippen molar-refractivity contribution >= 4 is 17.8 Å². The maximum atomic E-state index is 12.8. The molecule has 0 atom stereocenters. The van der Waals surface area contributed by atoms with Crippen LogP contribution in [-0.2, 0) is 22.7 Å². The molecule has 3 fully saturated rings. The van der Waals surface area contributed by atoms with Crippen LogP contribution in [0.25, 0.3) is 0 Å². The third-order valence-electron chi connectivity index (χ3n) is 6.44. The van der Waals surface area contributed by atoms with E-state index >= 15 is 0 Å². The second-order valence-electron chi connectivity index (χ2n) is 8.49. The molecule has 0 radical (unpaired) electrons. The quantitative estimate of drug-likeness (QED) is 0.720. The molecule has 1 aromatic carbocycles. The maximum absolute atomic E-state index is 12.8. The molecule has 0 aromatic heterocycles. The minimum Gasteiger partial charge on any atom is -0.350 e. The van der Waals surface area contributed by atoms with Gasteiger partial charge in [-0.1, -0.05) is 43.5 Å². The normalized spacial score (nSPS) is 21.6. The molecule has 1 saturated carbocycles. The van der Waals surface area contributed by atoms with Crippen molar-refractivity contribution in [3.63, 3.8) is 0 Å². The van der Waals surface area contributed by atoms with Crippen molar-refractivity contribution in [3.8, 4) is 0 Å². The van der Waals surface area contributed by atoms with Gasteiger partial charge in [-0.05, 0) is 49.9 Å². The molecular formula is C22H30N4O3. The van der Waals surface area contributed by atoms with Gasteiger partial charge in [-0.2, -0.15) is 0 Å². The highest BCUT2D eigenvalue weighted by Crippen LogP contribution is 2.33. The van der Waals surface area contributed by atoms with Gasteiger partial charge in [-0.3, -0.25) is 19.4 Å². The van der Waals surface area contributed by atoms with Crippen LogP contribution in [0.3, 0.4) is 0 Å². The second-order valence-corrected chi connectivity index (χ2v) is 8.49. The summed E-state index contributed by atoms with van der Waals surface area (Å²) in [6, 6.07) is 7.68. The van der Waals surface area contributed by atoms with Gasteiger partial charge in [0.15, 0.2) is 0 Å². The van der Waals surface area contributed by atoms with E-state index in [1.54, 1.807) is 0 Å². The fourth-order valence-electron chi connectivity index (χ4n) is 4.77. The summed E-state index contributed by atoms with van der Waals surface area (Å²) in [6.45, 7) is 3.31. The number of benzene rings is 1. The number of hydrogen-bond acceptors (Lipinski definition) is 4. The van der Waals surface area contributed by atoms with Gasteiger partial charge < -0.3 is 10.6 Å². The number of nitrogens with one attached hydrogen (secondary N) is 2. The van der Waals surface area contributed by atoms with Gasteiger partial charge in [0.2, 0.25) is 5.91 Å². The van der Waals surface area contributed by atoms with Gasteiger partial charge in [0.25, 0.3) is 5.91 Å². The largest absolute Gasteiger partial charge is 0.350 e. The number of carbonyl (C=O) groups excluding carboxylic acids is 3. The Hall–Kier alpha value is -2.41. The van der Waals surface area contributed by atoms with Crippen LogP contribution >= 0.6 is 0 Å². The summed E-state index contributed by atoms with van der Waals surface area (Å²) in [7, 11) is 0.